The van der Waals surface area contributed by atoms with Crippen LogP contribution in [0, 0.1) is 0 Å². The average Bonchev–Trinajstić information content (AvgIpc) is 2.86. The van der Waals surface area contributed by atoms with Gasteiger partial charge in [-0.15, -0.1) is 0 Å². The first kappa shape index (κ1) is 17.2. The second-order valence-electron chi connectivity index (χ2n) is 5.68. The number of hydrogen-bond acceptors (Lipinski definition) is 4. The lowest BCUT2D eigenvalue weighted by molar-refractivity contribution is -0.143. The molecule has 3 atom stereocenters. The SMILES string of the molecule is OC[C@H](O)CN[C@@H]1CN(CC(F)(F)F)C[C@H]1c1ccccc1. The van der Waals surface area contributed by atoms with E-state index in [-0.39, 0.29) is 31.7 Å². The molecule has 0 spiro atoms. The fourth-order valence-corrected chi connectivity index (χ4v) is 2.86. The Morgan fingerprint density at radius 1 is 1.23 bits per heavy atom. The highest BCUT2D eigenvalue weighted by atomic mass is 19.4. The van der Waals surface area contributed by atoms with Gasteiger partial charge in [-0.3, -0.25) is 4.90 Å². The summed E-state index contributed by atoms with van der Waals surface area (Å²) in [4.78, 5) is 1.38. The van der Waals surface area contributed by atoms with E-state index in [4.69, 9.17) is 5.11 Å². The minimum absolute atomic E-state index is 0.0746. The molecule has 124 valence electrons. The standard InChI is InChI=1S/C15H21F3N2O2/c16-15(17,18)10-20-7-13(11-4-2-1-3-5-11)14(8-20)19-6-12(22)9-21/h1-5,12-14,19,21-22H,6-10H2/t12-,13+,14-/m1/s1. The highest BCUT2D eigenvalue weighted by molar-refractivity contribution is 5.23. The van der Waals surface area contributed by atoms with Gasteiger partial charge in [0.05, 0.1) is 19.3 Å². The molecule has 0 saturated carbocycles. The third-order valence-electron chi connectivity index (χ3n) is 3.85. The quantitative estimate of drug-likeness (QED) is 0.731. The molecule has 3 N–H and O–H groups in total. The fourth-order valence-electron chi connectivity index (χ4n) is 2.86. The molecule has 0 aliphatic carbocycles. The van der Waals surface area contributed by atoms with Gasteiger partial charge in [0.2, 0.25) is 0 Å². The Balaban J connectivity index is 2.05. The maximum atomic E-state index is 12.6. The number of rotatable bonds is 6. The van der Waals surface area contributed by atoms with Crippen LogP contribution in [0.1, 0.15) is 11.5 Å². The number of halogens is 3. The topological polar surface area (TPSA) is 55.7 Å². The number of aliphatic hydroxyl groups excluding tert-OH is 2. The lowest BCUT2D eigenvalue weighted by atomic mass is 9.94. The molecule has 0 aromatic heterocycles. The smallest absolute Gasteiger partial charge is 0.394 e. The molecule has 0 unspecified atom stereocenters. The van der Waals surface area contributed by atoms with Crippen molar-refractivity contribution in [2.24, 2.45) is 0 Å². The van der Waals surface area contributed by atoms with E-state index in [0.717, 1.165) is 5.56 Å². The van der Waals surface area contributed by atoms with Crippen LogP contribution in [0.15, 0.2) is 30.3 Å². The van der Waals surface area contributed by atoms with Gasteiger partial charge in [-0.1, -0.05) is 30.3 Å². The number of alkyl halides is 3. The van der Waals surface area contributed by atoms with Crippen LogP contribution in [0.3, 0.4) is 0 Å². The van der Waals surface area contributed by atoms with Gasteiger partial charge in [0, 0.05) is 31.6 Å². The van der Waals surface area contributed by atoms with Crippen LogP contribution in [0.4, 0.5) is 13.2 Å². The van der Waals surface area contributed by atoms with Gasteiger partial charge in [0.15, 0.2) is 0 Å². The van der Waals surface area contributed by atoms with E-state index in [1.807, 2.05) is 30.3 Å². The molecule has 1 aromatic rings. The number of aliphatic hydroxyl groups is 2. The summed E-state index contributed by atoms with van der Waals surface area (Å²) < 4.78 is 37.8. The zero-order valence-electron chi connectivity index (χ0n) is 12.1. The van der Waals surface area contributed by atoms with E-state index < -0.39 is 18.8 Å². The molecular formula is C15H21F3N2O2. The Morgan fingerprint density at radius 3 is 2.50 bits per heavy atom. The van der Waals surface area contributed by atoms with Gasteiger partial charge in [-0.25, -0.2) is 0 Å². The van der Waals surface area contributed by atoms with Gasteiger partial charge in [-0.05, 0) is 5.56 Å². The van der Waals surface area contributed by atoms with Gasteiger partial charge in [0.1, 0.15) is 0 Å². The van der Waals surface area contributed by atoms with Crippen molar-refractivity contribution in [3.8, 4) is 0 Å². The van der Waals surface area contributed by atoms with E-state index >= 15 is 0 Å². The van der Waals surface area contributed by atoms with E-state index in [9.17, 15) is 18.3 Å². The Bertz CT molecular complexity index is 456. The molecule has 0 amide bonds. The van der Waals surface area contributed by atoms with Crippen LogP contribution in [0.5, 0.6) is 0 Å². The van der Waals surface area contributed by atoms with Crippen molar-refractivity contribution < 1.29 is 23.4 Å². The van der Waals surface area contributed by atoms with Crippen molar-refractivity contribution in [2.75, 3.05) is 32.8 Å². The third-order valence-corrected chi connectivity index (χ3v) is 3.85. The summed E-state index contributed by atoms with van der Waals surface area (Å²) in [6, 6.07) is 9.20. The van der Waals surface area contributed by atoms with Crippen molar-refractivity contribution in [3.05, 3.63) is 35.9 Å². The monoisotopic (exact) mass is 318 g/mol. The Kier molecular flexibility index (Phi) is 5.80. The third kappa shape index (κ3) is 4.95. The van der Waals surface area contributed by atoms with E-state index in [0.29, 0.717) is 6.54 Å². The van der Waals surface area contributed by atoms with Crippen molar-refractivity contribution in [1.82, 2.24) is 10.2 Å². The molecule has 1 fully saturated rings. The molecule has 4 nitrogen and oxygen atoms in total. The van der Waals surface area contributed by atoms with Crippen molar-refractivity contribution in [2.45, 2.75) is 24.2 Å². The maximum absolute atomic E-state index is 12.6. The number of nitrogens with one attached hydrogen (secondary N) is 1. The molecule has 1 aliphatic rings. The second-order valence-corrected chi connectivity index (χ2v) is 5.68. The van der Waals surface area contributed by atoms with Gasteiger partial charge in [-0.2, -0.15) is 13.2 Å². The lowest BCUT2D eigenvalue weighted by Gasteiger charge is -2.21. The summed E-state index contributed by atoms with van der Waals surface area (Å²) in [5.41, 5.74) is 0.975. The van der Waals surface area contributed by atoms with Crippen LogP contribution >= 0.6 is 0 Å². The highest BCUT2D eigenvalue weighted by Gasteiger charge is 2.39. The summed E-state index contributed by atoms with van der Waals surface area (Å²) in [6.45, 7) is -0.572. The van der Waals surface area contributed by atoms with Crippen molar-refractivity contribution in [3.63, 3.8) is 0 Å². The lowest BCUT2D eigenvalue weighted by Crippen LogP contribution is -2.41. The highest BCUT2D eigenvalue weighted by Crippen LogP contribution is 2.30. The first-order chi connectivity index (χ1) is 10.4. The zero-order valence-corrected chi connectivity index (χ0v) is 12.1. The predicted octanol–water partition coefficient (Wildman–Crippen LogP) is 0.959. The average molecular weight is 318 g/mol. The summed E-state index contributed by atoms with van der Waals surface area (Å²) >= 11 is 0. The summed E-state index contributed by atoms with van der Waals surface area (Å²) in [6.07, 6.45) is -5.13. The minimum Gasteiger partial charge on any atom is -0.394 e. The first-order valence-electron chi connectivity index (χ1n) is 7.25. The molecule has 0 radical (unpaired) electrons. The predicted molar refractivity (Wildman–Crippen MR) is 76.6 cm³/mol. The summed E-state index contributed by atoms with van der Waals surface area (Å²) in [5, 5.41) is 21.3. The van der Waals surface area contributed by atoms with E-state index in [1.165, 1.54) is 4.90 Å². The van der Waals surface area contributed by atoms with Crippen LogP contribution < -0.4 is 5.32 Å². The molecule has 0 bridgehead atoms. The Hall–Kier alpha value is -1.15. The van der Waals surface area contributed by atoms with Gasteiger partial charge >= 0.3 is 6.18 Å². The number of likely N-dealkylation sites (tertiary alicyclic amines) is 1. The molecule has 1 saturated heterocycles. The molecule has 1 aromatic carbocycles. The second kappa shape index (κ2) is 7.41. The molecule has 2 rings (SSSR count). The molecular weight excluding hydrogens is 297 g/mol. The molecule has 22 heavy (non-hydrogen) atoms. The Morgan fingerprint density at radius 2 is 1.91 bits per heavy atom. The van der Waals surface area contributed by atoms with E-state index in [1.54, 1.807) is 0 Å². The minimum atomic E-state index is -4.22. The normalized spacial score (nSPS) is 24.6. The molecule has 1 heterocycles. The van der Waals surface area contributed by atoms with E-state index in [2.05, 4.69) is 5.32 Å². The molecule has 1 aliphatic heterocycles. The zero-order chi connectivity index (χ0) is 16.2. The van der Waals surface area contributed by atoms with Gasteiger partial charge < -0.3 is 15.5 Å². The number of nitrogens with zero attached hydrogens (tertiary/aromatic N) is 1. The number of hydrogen-bond donors (Lipinski definition) is 3. The first-order valence-corrected chi connectivity index (χ1v) is 7.25. The van der Waals surface area contributed by atoms with Crippen LogP contribution in [0.25, 0.3) is 0 Å². The summed E-state index contributed by atoms with van der Waals surface area (Å²) in [5.74, 6) is -0.0746. The molecule has 7 heteroatoms. The van der Waals surface area contributed by atoms with Gasteiger partial charge in [0.25, 0.3) is 0 Å². The van der Waals surface area contributed by atoms with Crippen LogP contribution in [0.2, 0.25) is 0 Å². The Labute approximate surface area is 127 Å². The summed E-state index contributed by atoms with van der Waals surface area (Å²) in [7, 11) is 0. The maximum Gasteiger partial charge on any atom is 0.401 e. The largest absolute Gasteiger partial charge is 0.401 e. The van der Waals surface area contributed by atoms with Crippen LogP contribution in [-0.2, 0) is 0 Å². The fraction of sp³-hybridized carbons (Fsp3) is 0.600. The van der Waals surface area contributed by atoms with Crippen molar-refractivity contribution >= 4 is 0 Å². The van der Waals surface area contributed by atoms with Crippen molar-refractivity contribution in [1.29, 1.82) is 0 Å². The van der Waals surface area contributed by atoms with Crippen LogP contribution in [-0.4, -0.2) is 66.2 Å². The number of benzene rings is 1.